The maximum absolute atomic E-state index is 5.79. The molecule has 2 rings (SSSR count). The number of hydrogen-bond donors (Lipinski definition) is 1. The van der Waals surface area contributed by atoms with Gasteiger partial charge in [0.2, 0.25) is 0 Å². The van der Waals surface area contributed by atoms with Gasteiger partial charge in [0.05, 0.1) is 6.04 Å². The fourth-order valence-corrected chi connectivity index (χ4v) is 2.39. The summed E-state index contributed by atoms with van der Waals surface area (Å²) in [5.74, 6) is 1.42. The summed E-state index contributed by atoms with van der Waals surface area (Å²) in [6, 6.07) is 6.09. The molecule has 0 aliphatic rings. The zero-order valence-corrected chi connectivity index (χ0v) is 12.0. The van der Waals surface area contributed by atoms with Crippen LogP contribution < -0.4 is 5.73 Å². The highest BCUT2D eigenvalue weighted by Crippen LogP contribution is 2.26. The Morgan fingerprint density at radius 2 is 2.00 bits per heavy atom. The van der Waals surface area contributed by atoms with Crippen LogP contribution in [0.1, 0.15) is 38.8 Å². The number of tetrazole rings is 1. The Hall–Kier alpha value is -1.91. The molecule has 2 N–H and O–H groups in total. The Labute approximate surface area is 113 Å². The number of hydrogen-bond acceptors (Lipinski definition) is 4. The van der Waals surface area contributed by atoms with Gasteiger partial charge in [-0.1, -0.05) is 13.8 Å². The summed E-state index contributed by atoms with van der Waals surface area (Å²) >= 11 is 0. The first-order valence-electron chi connectivity index (χ1n) is 6.63. The number of rotatable bonds is 4. The maximum atomic E-state index is 5.79. The van der Waals surface area contributed by atoms with Gasteiger partial charge in [-0.15, -0.1) is 5.10 Å². The number of aryl methyl sites for hydroxylation is 1. The summed E-state index contributed by atoms with van der Waals surface area (Å²) in [5.41, 5.74) is 8.67. The van der Waals surface area contributed by atoms with Crippen molar-refractivity contribution in [2.45, 2.75) is 40.2 Å². The topological polar surface area (TPSA) is 69.6 Å². The highest BCUT2D eigenvalue weighted by Gasteiger charge is 2.17. The van der Waals surface area contributed by atoms with Crippen molar-refractivity contribution in [3.05, 3.63) is 23.8 Å². The van der Waals surface area contributed by atoms with Crippen molar-refractivity contribution >= 4 is 5.69 Å². The predicted octanol–water partition coefficient (Wildman–Crippen LogP) is 2.84. The van der Waals surface area contributed by atoms with Crippen molar-refractivity contribution in [3.63, 3.8) is 0 Å². The van der Waals surface area contributed by atoms with E-state index in [9.17, 15) is 0 Å². The van der Waals surface area contributed by atoms with Crippen molar-refractivity contribution in [3.8, 4) is 11.4 Å². The van der Waals surface area contributed by atoms with E-state index in [1.54, 1.807) is 0 Å². The lowest BCUT2D eigenvalue weighted by molar-refractivity contribution is 0.394. The molecular weight excluding hydrogens is 238 g/mol. The number of nitrogens with two attached hydrogens (primary N) is 1. The summed E-state index contributed by atoms with van der Waals surface area (Å²) in [7, 11) is 0. The molecular formula is C14H21N5. The number of nitrogen functional groups attached to an aromatic ring is 1. The third-order valence-electron chi connectivity index (χ3n) is 3.21. The average Bonchev–Trinajstić information content (AvgIpc) is 2.76. The molecule has 0 aliphatic heterocycles. The molecule has 0 amide bonds. The van der Waals surface area contributed by atoms with Crippen LogP contribution in [-0.2, 0) is 0 Å². The Bertz CT molecular complexity index is 559. The largest absolute Gasteiger partial charge is 0.399 e. The molecule has 2 aromatic rings. The summed E-state index contributed by atoms with van der Waals surface area (Å²) in [5, 5.41) is 12.1. The van der Waals surface area contributed by atoms with Crippen LogP contribution >= 0.6 is 0 Å². The second kappa shape index (κ2) is 5.38. The highest BCUT2D eigenvalue weighted by atomic mass is 15.5. The summed E-state index contributed by atoms with van der Waals surface area (Å²) in [6.07, 6.45) is 1.05. The molecule has 1 aromatic carbocycles. The van der Waals surface area contributed by atoms with E-state index in [0.717, 1.165) is 29.1 Å². The minimum Gasteiger partial charge on any atom is -0.399 e. The molecule has 5 heteroatoms. The lowest BCUT2D eigenvalue weighted by Gasteiger charge is -2.16. The first-order valence-corrected chi connectivity index (χ1v) is 6.63. The molecule has 1 atom stereocenters. The van der Waals surface area contributed by atoms with Crippen molar-refractivity contribution in [1.82, 2.24) is 20.2 Å². The minimum atomic E-state index is 0.280. The number of aromatic nitrogens is 4. The molecule has 0 saturated heterocycles. The van der Waals surface area contributed by atoms with Crippen LogP contribution in [0.3, 0.4) is 0 Å². The Morgan fingerprint density at radius 1 is 1.26 bits per heavy atom. The summed E-state index contributed by atoms with van der Waals surface area (Å²) < 4.78 is 1.90. The second-order valence-electron chi connectivity index (χ2n) is 5.50. The van der Waals surface area contributed by atoms with Crippen LogP contribution in [0.25, 0.3) is 11.4 Å². The van der Waals surface area contributed by atoms with Crippen LogP contribution in [0.2, 0.25) is 0 Å². The van der Waals surface area contributed by atoms with Crippen LogP contribution in [0.15, 0.2) is 18.2 Å². The zero-order chi connectivity index (χ0) is 14.0. The maximum Gasteiger partial charge on any atom is 0.182 e. The van der Waals surface area contributed by atoms with Gasteiger partial charge in [0.1, 0.15) is 0 Å². The lowest BCUT2D eigenvalue weighted by atomic mass is 10.0. The van der Waals surface area contributed by atoms with Gasteiger partial charge in [-0.05, 0) is 60.4 Å². The first kappa shape index (κ1) is 13.5. The van der Waals surface area contributed by atoms with E-state index in [1.807, 2.05) is 29.8 Å². The van der Waals surface area contributed by atoms with Crippen LogP contribution in [0.4, 0.5) is 5.69 Å². The van der Waals surface area contributed by atoms with E-state index in [-0.39, 0.29) is 6.04 Å². The van der Waals surface area contributed by atoms with E-state index < -0.39 is 0 Å². The predicted molar refractivity (Wildman–Crippen MR) is 76.6 cm³/mol. The van der Waals surface area contributed by atoms with Crippen molar-refractivity contribution in [1.29, 1.82) is 0 Å². The molecule has 102 valence electrons. The normalized spacial score (nSPS) is 12.9. The highest BCUT2D eigenvalue weighted by molar-refractivity contribution is 5.63. The van der Waals surface area contributed by atoms with Gasteiger partial charge in [0.15, 0.2) is 5.82 Å². The number of anilines is 1. The van der Waals surface area contributed by atoms with Gasteiger partial charge in [0, 0.05) is 11.3 Å². The molecule has 0 aliphatic carbocycles. The third-order valence-corrected chi connectivity index (χ3v) is 3.21. The zero-order valence-electron chi connectivity index (χ0n) is 12.0. The fourth-order valence-electron chi connectivity index (χ4n) is 2.39. The molecule has 5 nitrogen and oxygen atoms in total. The van der Waals surface area contributed by atoms with Crippen molar-refractivity contribution in [2.24, 2.45) is 5.92 Å². The van der Waals surface area contributed by atoms with Gasteiger partial charge in [0.25, 0.3) is 0 Å². The molecule has 1 aromatic heterocycles. The molecule has 0 fully saturated rings. The molecule has 0 radical (unpaired) electrons. The lowest BCUT2D eigenvalue weighted by Crippen LogP contribution is -2.11. The van der Waals surface area contributed by atoms with Crippen molar-refractivity contribution < 1.29 is 0 Å². The Balaban J connectivity index is 2.38. The van der Waals surface area contributed by atoms with E-state index in [2.05, 4.69) is 36.3 Å². The molecule has 19 heavy (non-hydrogen) atoms. The minimum absolute atomic E-state index is 0.280. The van der Waals surface area contributed by atoms with Crippen LogP contribution in [0, 0.1) is 12.8 Å². The summed E-state index contributed by atoms with van der Waals surface area (Å²) in [4.78, 5) is 0. The van der Waals surface area contributed by atoms with E-state index in [4.69, 9.17) is 5.73 Å². The molecule has 0 saturated carbocycles. The second-order valence-corrected chi connectivity index (χ2v) is 5.50. The number of nitrogens with zero attached hydrogens (tertiary/aromatic N) is 4. The van der Waals surface area contributed by atoms with Crippen LogP contribution in [-0.4, -0.2) is 20.2 Å². The Morgan fingerprint density at radius 3 is 2.63 bits per heavy atom. The van der Waals surface area contributed by atoms with Gasteiger partial charge in [-0.25, -0.2) is 4.68 Å². The fraction of sp³-hybridized carbons (Fsp3) is 0.500. The quantitative estimate of drug-likeness (QED) is 0.857. The third kappa shape index (κ3) is 2.92. The Kier molecular flexibility index (Phi) is 3.83. The number of benzene rings is 1. The molecule has 0 bridgehead atoms. The van der Waals surface area contributed by atoms with E-state index in [1.165, 1.54) is 0 Å². The molecule has 0 spiro atoms. The monoisotopic (exact) mass is 259 g/mol. The average molecular weight is 259 g/mol. The smallest absolute Gasteiger partial charge is 0.182 e. The molecule has 1 unspecified atom stereocenters. The standard InChI is InChI=1S/C14H21N5/c1-9(2)7-11(4)19-14(16-17-18-19)13-6-5-12(15)8-10(13)3/h5-6,8-9,11H,7,15H2,1-4H3. The first-order chi connectivity index (χ1) is 8.99. The van der Waals surface area contributed by atoms with Crippen LogP contribution in [0.5, 0.6) is 0 Å². The SMILES string of the molecule is Cc1cc(N)ccc1-c1nnnn1C(C)CC(C)C. The summed E-state index contributed by atoms with van der Waals surface area (Å²) in [6.45, 7) is 8.58. The van der Waals surface area contributed by atoms with Gasteiger partial charge in [-0.3, -0.25) is 0 Å². The van der Waals surface area contributed by atoms with Crippen molar-refractivity contribution in [2.75, 3.05) is 5.73 Å². The van der Waals surface area contributed by atoms with E-state index >= 15 is 0 Å². The van der Waals surface area contributed by atoms with Gasteiger partial charge < -0.3 is 5.73 Å². The van der Waals surface area contributed by atoms with Gasteiger partial charge in [-0.2, -0.15) is 0 Å². The van der Waals surface area contributed by atoms with E-state index in [0.29, 0.717) is 5.92 Å². The van der Waals surface area contributed by atoms with Gasteiger partial charge >= 0.3 is 0 Å². The molecule has 1 heterocycles.